The van der Waals surface area contributed by atoms with Gasteiger partial charge in [-0.1, -0.05) is 11.6 Å². The number of rotatable bonds is 3. The number of carbonyl (C=O) groups is 1. The minimum atomic E-state index is -0.0626. The van der Waals surface area contributed by atoms with Gasteiger partial charge in [-0.15, -0.1) is 0 Å². The molecule has 1 saturated heterocycles. The predicted octanol–water partition coefficient (Wildman–Crippen LogP) is 1.49. The number of hydrogen-bond donors (Lipinski definition) is 2. The molecule has 1 aliphatic heterocycles. The van der Waals surface area contributed by atoms with Gasteiger partial charge in [-0.05, 0) is 18.2 Å². The summed E-state index contributed by atoms with van der Waals surface area (Å²) in [5.74, 6) is 0.544. The van der Waals surface area contributed by atoms with E-state index in [1.54, 1.807) is 12.1 Å². The Hall–Kier alpha value is -1.63. The fourth-order valence-electron chi connectivity index (χ4n) is 2.22. The molecule has 1 aromatic carbocycles. The summed E-state index contributed by atoms with van der Waals surface area (Å²) in [6.45, 7) is 3.29. The van der Waals surface area contributed by atoms with Crippen LogP contribution in [0, 0.1) is 0 Å². The van der Waals surface area contributed by atoms with Crippen LogP contribution in [0.25, 0.3) is 10.9 Å². The van der Waals surface area contributed by atoms with Crippen LogP contribution in [0.2, 0.25) is 5.02 Å². The Balaban J connectivity index is 1.67. The molecule has 0 radical (unpaired) electrons. The third kappa shape index (κ3) is 2.92. The van der Waals surface area contributed by atoms with Gasteiger partial charge in [0.25, 0.3) is 0 Å². The van der Waals surface area contributed by atoms with Gasteiger partial charge in [0.1, 0.15) is 5.82 Å². The zero-order valence-corrected chi connectivity index (χ0v) is 11.6. The molecule has 0 spiro atoms. The van der Waals surface area contributed by atoms with E-state index in [4.69, 9.17) is 16.3 Å². The number of benzene rings is 1. The van der Waals surface area contributed by atoms with Crippen molar-refractivity contribution in [2.45, 2.75) is 0 Å². The minimum absolute atomic E-state index is 0.0626. The maximum Gasteiger partial charge on any atom is 0.239 e. The van der Waals surface area contributed by atoms with Crippen LogP contribution < -0.4 is 5.32 Å². The first-order valence-corrected chi connectivity index (χ1v) is 6.84. The number of morpholine rings is 1. The van der Waals surface area contributed by atoms with Gasteiger partial charge in [0, 0.05) is 23.5 Å². The number of amides is 1. The van der Waals surface area contributed by atoms with Crippen molar-refractivity contribution >= 4 is 34.2 Å². The lowest BCUT2D eigenvalue weighted by atomic mass is 10.2. The number of ether oxygens (including phenoxy) is 1. The first-order valence-electron chi connectivity index (χ1n) is 6.46. The van der Waals surface area contributed by atoms with Crippen LogP contribution in [0.15, 0.2) is 18.2 Å². The maximum atomic E-state index is 12.0. The average molecular weight is 295 g/mol. The molecule has 2 N–H and O–H groups in total. The number of aromatic nitrogens is 2. The first-order chi connectivity index (χ1) is 9.72. The molecule has 1 aliphatic rings. The Morgan fingerprint density at radius 3 is 3.05 bits per heavy atom. The summed E-state index contributed by atoms with van der Waals surface area (Å²) in [5.41, 5.74) is 0.735. The largest absolute Gasteiger partial charge is 0.379 e. The van der Waals surface area contributed by atoms with Crippen molar-refractivity contribution in [2.75, 3.05) is 38.2 Å². The number of hydrogen-bond acceptors (Lipinski definition) is 4. The molecule has 0 unspecified atom stereocenters. The fraction of sp³-hybridized carbons (Fsp3) is 0.385. The van der Waals surface area contributed by atoms with E-state index in [1.807, 2.05) is 6.07 Å². The van der Waals surface area contributed by atoms with Crippen molar-refractivity contribution in [1.82, 2.24) is 15.1 Å². The highest BCUT2D eigenvalue weighted by Gasteiger charge is 2.15. The number of nitrogens with zero attached hydrogens (tertiary/aromatic N) is 2. The molecule has 0 atom stereocenters. The minimum Gasteiger partial charge on any atom is -0.379 e. The molecule has 20 heavy (non-hydrogen) atoms. The molecule has 1 aromatic heterocycles. The number of nitrogens with one attached hydrogen (secondary N) is 2. The van der Waals surface area contributed by atoms with E-state index in [1.165, 1.54) is 0 Å². The van der Waals surface area contributed by atoms with Crippen LogP contribution in [-0.4, -0.2) is 53.9 Å². The van der Waals surface area contributed by atoms with E-state index in [9.17, 15) is 4.79 Å². The maximum absolute atomic E-state index is 12.0. The lowest BCUT2D eigenvalue weighted by molar-refractivity contribution is -0.118. The van der Waals surface area contributed by atoms with Gasteiger partial charge in [0.05, 0.1) is 25.3 Å². The van der Waals surface area contributed by atoms with Gasteiger partial charge in [0.15, 0.2) is 0 Å². The molecule has 1 fully saturated rings. The highest BCUT2D eigenvalue weighted by atomic mass is 35.5. The molecule has 2 heterocycles. The molecule has 6 nitrogen and oxygen atoms in total. The second kappa shape index (κ2) is 5.78. The van der Waals surface area contributed by atoms with Gasteiger partial charge in [-0.25, -0.2) is 0 Å². The zero-order valence-electron chi connectivity index (χ0n) is 10.9. The van der Waals surface area contributed by atoms with E-state index in [0.29, 0.717) is 30.6 Å². The summed E-state index contributed by atoms with van der Waals surface area (Å²) in [6.07, 6.45) is 0. The summed E-state index contributed by atoms with van der Waals surface area (Å²) >= 11 is 5.90. The van der Waals surface area contributed by atoms with Gasteiger partial charge in [0.2, 0.25) is 5.91 Å². The summed E-state index contributed by atoms with van der Waals surface area (Å²) in [4.78, 5) is 14.1. The molecule has 0 aliphatic carbocycles. The van der Waals surface area contributed by atoms with Crippen molar-refractivity contribution in [2.24, 2.45) is 0 Å². The topological polar surface area (TPSA) is 70.2 Å². The van der Waals surface area contributed by atoms with Crippen molar-refractivity contribution in [3.05, 3.63) is 23.2 Å². The van der Waals surface area contributed by atoms with Crippen LogP contribution in [0.4, 0.5) is 5.82 Å². The number of fused-ring (bicyclic) bond motifs is 1. The smallest absolute Gasteiger partial charge is 0.239 e. The Morgan fingerprint density at radius 1 is 1.45 bits per heavy atom. The van der Waals surface area contributed by atoms with Crippen LogP contribution >= 0.6 is 11.6 Å². The number of halogens is 1. The zero-order chi connectivity index (χ0) is 13.9. The van der Waals surface area contributed by atoms with Crippen LogP contribution in [0.3, 0.4) is 0 Å². The first kappa shape index (κ1) is 13.4. The van der Waals surface area contributed by atoms with Gasteiger partial charge in [-0.3, -0.25) is 14.8 Å². The summed E-state index contributed by atoms with van der Waals surface area (Å²) in [6, 6.07) is 5.37. The molecule has 3 rings (SSSR count). The SMILES string of the molecule is O=C(CN1CCOCC1)Nc1[nH]nc2cc(Cl)ccc12. The lowest BCUT2D eigenvalue weighted by Crippen LogP contribution is -2.41. The Bertz CT molecular complexity index is 622. The number of aromatic amines is 1. The standard InChI is InChI=1S/C13H15ClN4O2/c14-9-1-2-10-11(7-9)16-17-13(10)15-12(19)8-18-3-5-20-6-4-18/h1-2,7H,3-6,8H2,(H2,15,16,17,19). The van der Waals surface area contributed by atoms with Crippen molar-refractivity contribution < 1.29 is 9.53 Å². The summed E-state index contributed by atoms with van der Waals surface area (Å²) in [7, 11) is 0. The molecule has 7 heteroatoms. The fourth-order valence-corrected chi connectivity index (χ4v) is 2.39. The second-order valence-electron chi connectivity index (χ2n) is 4.70. The van der Waals surface area contributed by atoms with Crippen molar-refractivity contribution in [3.8, 4) is 0 Å². The van der Waals surface area contributed by atoms with Gasteiger partial charge < -0.3 is 10.1 Å². The van der Waals surface area contributed by atoms with E-state index in [2.05, 4.69) is 20.4 Å². The summed E-state index contributed by atoms with van der Waals surface area (Å²) in [5, 5.41) is 11.3. The van der Waals surface area contributed by atoms with Crippen molar-refractivity contribution in [1.29, 1.82) is 0 Å². The lowest BCUT2D eigenvalue weighted by Gasteiger charge is -2.25. The Kier molecular flexibility index (Phi) is 3.86. The van der Waals surface area contributed by atoms with E-state index in [0.717, 1.165) is 24.0 Å². The third-order valence-electron chi connectivity index (χ3n) is 3.25. The molecule has 0 saturated carbocycles. The summed E-state index contributed by atoms with van der Waals surface area (Å²) < 4.78 is 5.25. The molecule has 2 aromatic rings. The monoisotopic (exact) mass is 294 g/mol. The highest BCUT2D eigenvalue weighted by molar-refractivity contribution is 6.31. The van der Waals surface area contributed by atoms with Gasteiger partial charge in [-0.2, -0.15) is 5.10 Å². The van der Waals surface area contributed by atoms with Gasteiger partial charge >= 0.3 is 0 Å². The average Bonchev–Trinajstić information content (AvgIpc) is 2.82. The Morgan fingerprint density at radius 2 is 2.25 bits per heavy atom. The number of H-pyrrole nitrogens is 1. The van der Waals surface area contributed by atoms with Crippen LogP contribution in [-0.2, 0) is 9.53 Å². The number of anilines is 1. The molecular formula is C13H15ClN4O2. The molecule has 1 amide bonds. The van der Waals surface area contributed by atoms with Crippen molar-refractivity contribution in [3.63, 3.8) is 0 Å². The van der Waals surface area contributed by atoms with E-state index < -0.39 is 0 Å². The highest BCUT2D eigenvalue weighted by Crippen LogP contribution is 2.23. The number of carbonyl (C=O) groups excluding carboxylic acids is 1. The van der Waals surface area contributed by atoms with Crippen LogP contribution in [0.1, 0.15) is 0 Å². The molecule has 0 bridgehead atoms. The normalized spacial score (nSPS) is 16.4. The third-order valence-corrected chi connectivity index (χ3v) is 3.49. The van der Waals surface area contributed by atoms with Crippen LogP contribution in [0.5, 0.6) is 0 Å². The second-order valence-corrected chi connectivity index (χ2v) is 5.13. The molecule has 106 valence electrons. The predicted molar refractivity (Wildman–Crippen MR) is 77.0 cm³/mol. The Labute approximate surface area is 121 Å². The quantitative estimate of drug-likeness (QED) is 0.900. The molecular weight excluding hydrogens is 280 g/mol. The van der Waals surface area contributed by atoms with E-state index >= 15 is 0 Å². The van der Waals surface area contributed by atoms with E-state index in [-0.39, 0.29) is 5.91 Å².